The normalized spacial score (nSPS) is 31.2. The molecule has 1 heteroatoms. The molecule has 0 aromatic heterocycles. The van der Waals surface area contributed by atoms with Crippen molar-refractivity contribution in [1.29, 1.82) is 0 Å². The Labute approximate surface area is 132 Å². The zero-order valence-electron chi connectivity index (χ0n) is 14.2. The molecule has 0 heterocycles. The fraction of sp³-hybridized carbons (Fsp3) is 0.900. The minimum Gasteiger partial charge on any atom is -0.377 e. The molecule has 0 aliphatic heterocycles. The van der Waals surface area contributed by atoms with Crippen LogP contribution in [0.25, 0.3) is 0 Å². The number of hydrogen-bond donors (Lipinski definition) is 0. The van der Waals surface area contributed by atoms with Crippen LogP contribution in [0, 0.1) is 17.3 Å². The molecule has 0 bridgehead atoms. The zero-order chi connectivity index (χ0) is 15.0. The molecular formula is C20H36O. The maximum atomic E-state index is 5.68. The van der Waals surface area contributed by atoms with Crippen LogP contribution in [0.2, 0.25) is 0 Å². The first-order chi connectivity index (χ1) is 10.3. The molecule has 2 aliphatic carbocycles. The van der Waals surface area contributed by atoms with E-state index in [0.717, 1.165) is 18.4 Å². The maximum Gasteiger partial charge on any atom is 0.0644 e. The Kier molecular flexibility index (Phi) is 7.29. The van der Waals surface area contributed by atoms with E-state index < -0.39 is 0 Å². The molecule has 0 aromatic rings. The van der Waals surface area contributed by atoms with E-state index >= 15 is 0 Å². The fourth-order valence-electron chi connectivity index (χ4n) is 4.94. The highest BCUT2D eigenvalue weighted by molar-refractivity contribution is 4.88. The van der Waals surface area contributed by atoms with Crippen molar-refractivity contribution in [3.05, 3.63) is 12.7 Å². The molecule has 21 heavy (non-hydrogen) atoms. The lowest BCUT2D eigenvalue weighted by molar-refractivity contribution is 0.0500. The van der Waals surface area contributed by atoms with Crippen molar-refractivity contribution >= 4 is 0 Å². The van der Waals surface area contributed by atoms with E-state index in [1.807, 2.05) is 6.08 Å². The van der Waals surface area contributed by atoms with Crippen LogP contribution in [0.1, 0.15) is 84.0 Å². The highest BCUT2D eigenvalue weighted by atomic mass is 16.5. The van der Waals surface area contributed by atoms with Crippen LogP contribution < -0.4 is 0 Å². The summed E-state index contributed by atoms with van der Waals surface area (Å²) in [5, 5.41) is 0. The van der Waals surface area contributed by atoms with Crippen molar-refractivity contribution in [2.24, 2.45) is 17.3 Å². The van der Waals surface area contributed by atoms with Gasteiger partial charge in [-0.15, -0.1) is 6.58 Å². The zero-order valence-corrected chi connectivity index (χ0v) is 14.2. The molecule has 0 N–H and O–H groups in total. The molecule has 0 radical (unpaired) electrons. The summed E-state index contributed by atoms with van der Waals surface area (Å²) in [5.41, 5.74) is 0.598. The first-order valence-electron chi connectivity index (χ1n) is 9.48. The Balaban J connectivity index is 1.79. The Morgan fingerprint density at radius 3 is 2.29 bits per heavy atom. The summed E-state index contributed by atoms with van der Waals surface area (Å²) >= 11 is 0. The van der Waals surface area contributed by atoms with Crippen LogP contribution in [-0.2, 0) is 4.74 Å². The van der Waals surface area contributed by atoms with Crippen molar-refractivity contribution in [2.75, 3.05) is 13.2 Å². The average molecular weight is 293 g/mol. The first kappa shape index (κ1) is 17.1. The molecule has 0 aromatic carbocycles. The standard InChI is InChI=1S/C20H36O/c1-3-12-20(15-17-21-16-4-2)13-10-19(11-14-20)18-8-6-5-7-9-18/h4,18-19H,2-3,5-17H2,1H3. The Hall–Kier alpha value is -0.300. The molecule has 1 nitrogen and oxygen atoms in total. The van der Waals surface area contributed by atoms with Gasteiger partial charge in [0.25, 0.3) is 0 Å². The second kappa shape index (κ2) is 8.98. The van der Waals surface area contributed by atoms with E-state index in [2.05, 4.69) is 13.5 Å². The smallest absolute Gasteiger partial charge is 0.0644 e. The Morgan fingerprint density at radius 1 is 1.00 bits per heavy atom. The summed E-state index contributed by atoms with van der Waals surface area (Å²) in [6.45, 7) is 7.73. The van der Waals surface area contributed by atoms with E-state index in [-0.39, 0.29) is 0 Å². The summed E-state index contributed by atoms with van der Waals surface area (Å²) in [6.07, 6.45) is 19.3. The molecular weight excluding hydrogens is 256 g/mol. The minimum absolute atomic E-state index is 0.598. The van der Waals surface area contributed by atoms with E-state index in [0.29, 0.717) is 12.0 Å². The third-order valence-electron chi connectivity index (χ3n) is 6.20. The molecule has 0 unspecified atom stereocenters. The van der Waals surface area contributed by atoms with Gasteiger partial charge < -0.3 is 4.74 Å². The molecule has 0 saturated heterocycles. The number of hydrogen-bond acceptors (Lipinski definition) is 1. The van der Waals surface area contributed by atoms with Crippen LogP contribution in [-0.4, -0.2) is 13.2 Å². The summed E-state index contributed by atoms with van der Waals surface area (Å²) in [7, 11) is 0. The van der Waals surface area contributed by atoms with E-state index in [9.17, 15) is 0 Å². The molecule has 2 saturated carbocycles. The van der Waals surface area contributed by atoms with Crippen molar-refractivity contribution in [1.82, 2.24) is 0 Å². The molecule has 2 fully saturated rings. The van der Waals surface area contributed by atoms with Gasteiger partial charge in [0, 0.05) is 6.61 Å². The topological polar surface area (TPSA) is 9.23 Å². The molecule has 0 spiro atoms. The van der Waals surface area contributed by atoms with E-state index in [1.165, 1.54) is 77.0 Å². The fourth-order valence-corrected chi connectivity index (χ4v) is 4.94. The summed E-state index contributed by atoms with van der Waals surface area (Å²) in [6, 6.07) is 0. The molecule has 0 atom stereocenters. The van der Waals surface area contributed by atoms with Gasteiger partial charge in [0.05, 0.1) is 6.61 Å². The van der Waals surface area contributed by atoms with Gasteiger partial charge in [-0.1, -0.05) is 51.5 Å². The van der Waals surface area contributed by atoms with Gasteiger partial charge in [-0.05, 0) is 55.8 Å². The number of rotatable bonds is 8. The van der Waals surface area contributed by atoms with Gasteiger partial charge >= 0.3 is 0 Å². The van der Waals surface area contributed by atoms with Crippen molar-refractivity contribution in [2.45, 2.75) is 84.0 Å². The lowest BCUT2D eigenvalue weighted by atomic mass is 9.63. The highest BCUT2D eigenvalue weighted by Gasteiger charge is 2.36. The second-order valence-electron chi connectivity index (χ2n) is 7.60. The molecule has 122 valence electrons. The van der Waals surface area contributed by atoms with Gasteiger partial charge in [0.2, 0.25) is 0 Å². The SMILES string of the molecule is C=CCOCCC1(CCC)CCC(C2CCCCC2)CC1. The van der Waals surface area contributed by atoms with Gasteiger partial charge in [-0.2, -0.15) is 0 Å². The van der Waals surface area contributed by atoms with Crippen LogP contribution in [0.4, 0.5) is 0 Å². The summed E-state index contributed by atoms with van der Waals surface area (Å²) < 4.78 is 5.68. The van der Waals surface area contributed by atoms with Gasteiger partial charge in [0.15, 0.2) is 0 Å². The van der Waals surface area contributed by atoms with Crippen LogP contribution in [0.5, 0.6) is 0 Å². The molecule has 2 rings (SSSR count). The third-order valence-corrected chi connectivity index (χ3v) is 6.20. The number of ether oxygens (including phenoxy) is 1. The lowest BCUT2D eigenvalue weighted by Gasteiger charge is -2.43. The van der Waals surface area contributed by atoms with Gasteiger partial charge in [0.1, 0.15) is 0 Å². The molecule has 0 amide bonds. The van der Waals surface area contributed by atoms with Crippen molar-refractivity contribution in [3.63, 3.8) is 0 Å². The van der Waals surface area contributed by atoms with Crippen molar-refractivity contribution in [3.8, 4) is 0 Å². The third kappa shape index (κ3) is 5.13. The molecule has 2 aliphatic rings. The highest BCUT2D eigenvalue weighted by Crippen LogP contribution is 2.48. The predicted octanol–water partition coefficient (Wildman–Crippen LogP) is 6.14. The minimum atomic E-state index is 0.598. The van der Waals surface area contributed by atoms with Crippen LogP contribution in [0.3, 0.4) is 0 Å². The summed E-state index contributed by atoms with van der Waals surface area (Å²) in [5.74, 6) is 2.11. The quantitative estimate of drug-likeness (QED) is 0.386. The van der Waals surface area contributed by atoms with Crippen LogP contribution >= 0.6 is 0 Å². The largest absolute Gasteiger partial charge is 0.377 e. The maximum absolute atomic E-state index is 5.68. The predicted molar refractivity (Wildman–Crippen MR) is 91.5 cm³/mol. The van der Waals surface area contributed by atoms with Gasteiger partial charge in [-0.25, -0.2) is 0 Å². The Bertz CT molecular complexity index is 282. The summed E-state index contributed by atoms with van der Waals surface area (Å²) in [4.78, 5) is 0. The van der Waals surface area contributed by atoms with Crippen LogP contribution in [0.15, 0.2) is 12.7 Å². The average Bonchev–Trinajstić information content (AvgIpc) is 2.54. The van der Waals surface area contributed by atoms with Gasteiger partial charge in [-0.3, -0.25) is 0 Å². The van der Waals surface area contributed by atoms with E-state index in [4.69, 9.17) is 4.74 Å². The van der Waals surface area contributed by atoms with E-state index in [1.54, 1.807) is 0 Å². The first-order valence-corrected chi connectivity index (χ1v) is 9.48. The van der Waals surface area contributed by atoms with Crippen molar-refractivity contribution < 1.29 is 4.74 Å². The Morgan fingerprint density at radius 2 is 1.67 bits per heavy atom. The monoisotopic (exact) mass is 292 g/mol. The second-order valence-corrected chi connectivity index (χ2v) is 7.60. The lowest BCUT2D eigenvalue weighted by Crippen LogP contribution is -2.32.